The summed E-state index contributed by atoms with van der Waals surface area (Å²) in [5.74, 6) is 0. The van der Waals surface area contributed by atoms with Crippen molar-refractivity contribution in [1.82, 2.24) is 9.80 Å². The Kier molecular flexibility index (Phi) is 5.46. The highest BCUT2D eigenvalue weighted by atomic mass is 15.3. The predicted molar refractivity (Wildman–Crippen MR) is 97.5 cm³/mol. The maximum atomic E-state index is 9.27. The fraction of sp³-hybridized carbons (Fsp3) is 0.333. The van der Waals surface area contributed by atoms with Gasteiger partial charge in [-0.3, -0.25) is 9.80 Å². The molecule has 0 bridgehead atoms. The van der Waals surface area contributed by atoms with Crippen LogP contribution in [0.25, 0.3) is 0 Å². The van der Waals surface area contributed by atoms with Crippen molar-refractivity contribution in [1.29, 1.82) is 10.5 Å². The zero-order chi connectivity index (χ0) is 17.6. The Morgan fingerprint density at radius 2 is 1.44 bits per heavy atom. The molecule has 0 unspecified atom stereocenters. The third-order valence-electron chi connectivity index (χ3n) is 4.89. The molecule has 3 rings (SSSR count). The minimum Gasteiger partial charge on any atom is -0.296 e. The summed E-state index contributed by atoms with van der Waals surface area (Å²) in [5, 5.41) is 18.5. The van der Waals surface area contributed by atoms with Gasteiger partial charge in [-0.05, 0) is 30.2 Å². The highest BCUT2D eigenvalue weighted by Gasteiger charge is 2.24. The van der Waals surface area contributed by atoms with Crippen molar-refractivity contribution in [2.24, 2.45) is 0 Å². The van der Waals surface area contributed by atoms with Gasteiger partial charge in [-0.25, -0.2) is 0 Å². The number of rotatable bonds is 4. The number of hydrogen-bond acceptors (Lipinski definition) is 4. The van der Waals surface area contributed by atoms with Gasteiger partial charge in [0, 0.05) is 38.8 Å². The average molecular weight is 330 g/mol. The molecule has 0 aliphatic carbocycles. The summed E-state index contributed by atoms with van der Waals surface area (Å²) in [7, 11) is 0. The van der Waals surface area contributed by atoms with Crippen molar-refractivity contribution in [2.45, 2.75) is 26.1 Å². The standard InChI is InChI=1S/C21H22N4/c1-17-14-24(15-20-8-4-2-6-18(20)12-22)10-11-25(17)16-21-9-5-3-7-19(21)13-23/h2-9,17H,10-11,14-16H2,1H3/t17-/m1/s1. The molecule has 1 heterocycles. The van der Waals surface area contributed by atoms with E-state index in [2.05, 4.69) is 28.9 Å². The van der Waals surface area contributed by atoms with Crippen LogP contribution < -0.4 is 0 Å². The van der Waals surface area contributed by atoms with E-state index in [0.29, 0.717) is 6.04 Å². The Bertz CT molecular complexity index is 815. The van der Waals surface area contributed by atoms with E-state index in [-0.39, 0.29) is 0 Å². The number of benzene rings is 2. The van der Waals surface area contributed by atoms with Crippen LogP contribution >= 0.6 is 0 Å². The topological polar surface area (TPSA) is 54.1 Å². The molecule has 0 spiro atoms. The van der Waals surface area contributed by atoms with Gasteiger partial charge in [0.25, 0.3) is 0 Å². The second-order valence-electron chi connectivity index (χ2n) is 6.59. The molecule has 0 amide bonds. The maximum Gasteiger partial charge on any atom is 0.0995 e. The van der Waals surface area contributed by atoms with E-state index in [0.717, 1.165) is 55.0 Å². The molecule has 0 N–H and O–H groups in total. The fourth-order valence-electron chi connectivity index (χ4n) is 3.44. The summed E-state index contributed by atoms with van der Waals surface area (Å²) >= 11 is 0. The van der Waals surface area contributed by atoms with Gasteiger partial charge in [-0.1, -0.05) is 36.4 Å². The normalized spacial score (nSPS) is 18.4. The van der Waals surface area contributed by atoms with Gasteiger partial charge in [0.1, 0.15) is 0 Å². The molecule has 4 heteroatoms. The Labute approximate surface area is 149 Å². The molecular formula is C21H22N4. The lowest BCUT2D eigenvalue weighted by Crippen LogP contribution is -2.51. The molecule has 0 aromatic heterocycles. The van der Waals surface area contributed by atoms with Crippen molar-refractivity contribution in [3.8, 4) is 12.1 Å². The first-order chi connectivity index (χ1) is 12.2. The van der Waals surface area contributed by atoms with E-state index in [1.165, 1.54) is 0 Å². The van der Waals surface area contributed by atoms with Crippen LogP contribution in [0.2, 0.25) is 0 Å². The van der Waals surface area contributed by atoms with Crippen LogP contribution in [-0.4, -0.2) is 35.5 Å². The molecule has 2 aromatic carbocycles. The Hall–Kier alpha value is -2.66. The molecule has 0 radical (unpaired) electrons. The van der Waals surface area contributed by atoms with E-state index < -0.39 is 0 Å². The molecule has 25 heavy (non-hydrogen) atoms. The molecule has 126 valence electrons. The van der Waals surface area contributed by atoms with Gasteiger partial charge in [-0.2, -0.15) is 10.5 Å². The van der Waals surface area contributed by atoms with Crippen molar-refractivity contribution in [3.05, 3.63) is 70.8 Å². The van der Waals surface area contributed by atoms with Gasteiger partial charge in [-0.15, -0.1) is 0 Å². The monoisotopic (exact) mass is 330 g/mol. The number of piperazine rings is 1. The lowest BCUT2D eigenvalue weighted by atomic mass is 10.0. The number of hydrogen-bond donors (Lipinski definition) is 0. The van der Waals surface area contributed by atoms with Gasteiger partial charge < -0.3 is 0 Å². The van der Waals surface area contributed by atoms with Crippen molar-refractivity contribution < 1.29 is 0 Å². The summed E-state index contributed by atoms with van der Waals surface area (Å²) in [6.07, 6.45) is 0. The van der Waals surface area contributed by atoms with Crippen LogP contribution in [-0.2, 0) is 13.1 Å². The van der Waals surface area contributed by atoms with Gasteiger partial charge >= 0.3 is 0 Å². The Balaban J connectivity index is 1.63. The first-order valence-corrected chi connectivity index (χ1v) is 8.63. The zero-order valence-electron chi connectivity index (χ0n) is 14.5. The third-order valence-corrected chi connectivity index (χ3v) is 4.89. The van der Waals surface area contributed by atoms with E-state index >= 15 is 0 Å². The predicted octanol–water partition coefficient (Wildman–Crippen LogP) is 3.14. The average Bonchev–Trinajstić information content (AvgIpc) is 2.65. The minimum absolute atomic E-state index is 0.412. The molecule has 2 aromatic rings. The fourth-order valence-corrected chi connectivity index (χ4v) is 3.44. The Morgan fingerprint density at radius 1 is 0.880 bits per heavy atom. The highest BCUT2D eigenvalue weighted by molar-refractivity contribution is 5.38. The van der Waals surface area contributed by atoms with Gasteiger partial charge in [0.15, 0.2) is 0 Å². The molecule has 4 nitrogen and oxygen atoms in total. The third kappa shape index (κ3) is 4.06. The van der Waals surface area contributed by atoms with Gasteiger partial charge in [0.2, 0.25) is 0 Å². The van der Waals surface area contributed by atoms with Crippen LogP contribution in [0.5, 0.6) is 0 Å². The van der Waals surface area contributed by atoms with E-state index in [4.69, 9.17) is 0 Å². The Morgan fingerprint density at radius 3 is 2.00 bits per heavy atom. The van der Waals surface area contributed by atoms with E-state index in [9.17, 15) is 10.5 Å². The lowest BCUT2D eigenvalue weighted by molar-refractivity contribution is 0.0732. The van der Waals surface area contributed by atoms with E-state index in [1.807, 2.05) is 48.5 Å². The van der Waals surface area contributed by atoms with Crippen LogP contribution in [0.3, 0.4) is 0 Å². The second kappa shape index (κ2) is 7.94. The minimum atomic E-state index is 0.412. The van der Waals surface area contributed by atoms with Crippen molar-refractivity contribution >= 4 is 0 Å². The smallest absolute Gasteiger partial charge is 0.0995 e. The highest BCUT2D eigenvalue weighted by Crippen LogP contribution is 2.19. The molecule has 1 saturated heterocycles. The summed E-state index contributed by atoms with van der Waals surface area (Å²) in [6, 6.07) is 20.6. The van der Waals surface area contributed by atoms with Crippen molar-refractivity contribution in [3.63, 3.8) is 0 Å². The van der Waals surface area contributed by atoms with Crippen LogP contribution in [0.15, 0.2) is 48.5 Å². The first-order valence-electron chi connectivity index (χ1n) is 8.63. The second-order valence-corrected chi connectivity index (χ2v) is 6.59. The summed E-state index contributed by atoms with van der Waals surface area (Å²) in [5.41, 5.74) is 3.72. The maximum absolute atomic E-state index is 9.27. The summed E-state index contributed by atoms with van der Waals surface area (Å²) in [6.45, 7) is 6.77. The van der Waals surface area contributed by atoms with Crippen molar-refractivity contribution in [2.75, 3.05) is 19.6 Å². The van der Waals surface area contributed by atoms with Crippen LogP contribution in [0.4, 0.5) is 0 Å². The van der Waals surface area contributed by atoms with E-state index in [1.54, 1.807) is 0 Å². The largest absolute Gasteiger partial charge is 0.296 e. The number of nitriles is 2. The molecule has 1 aliphatic heterocycles. The first kappa shape index (κ1) is 17.2. The van der Waals surface area contributed by atoms with Crippen LogP contribution in [0, 0.1) is 22.7 Å². The molecule has 1 aliphatic rings. The molecule has 0 saturated carbocycles. The molecule has 1 atom stereocenters. The van der Waals surface area contributed by atoms with Crippen LogP contribution in [0.1, 0.15) is 29.2 Å². The lowest BCUT2D eigenvalue weighted by Gasteiger charge is -2.40. The molecule has 1 fully saturated rings. The molecular weight excluding hydrogens is 308 g/mol. The van der Waals surface area contributed by atoms with Gasteiger partial charge in [0.05, 0.1) is 23.3 Å². The zero-order valence-corrected chi connectivity index (χ0v) is 14.5. The quantitative estimate of drug-likeness (QED) is 0.864. The SMILES string of the molecule is C[C@@H]1CN(Cc2ccccc2C#N)CCN1Cc1ccccc1C#N. The number of nitrogens with zero attached hydrogens (tertiary/aromatic N) is 4. The summed E-state index contributed by atoms with van der Waals surface area (Å²) in [4.78, 5) is 4.84. The summed E-state index contributed by atoms with van der Waals surface area (Å²) < 4.78 is 0.